The topological polar surface area (TPSA) is 57.1 Å². The molecule has 3 fully saturated rings. The first-order valence-electron chi connectivity index (χ1n) is 8.98. The lowest BCUT2D eigenvalue weighted by Crippen LogP contribution is -2.53. The highest BCUT2D eigenvalue weighted by Gasteiger charge is 2.39. The van der Waals surface area contributed by atoms with E-state index in [9.17, 15) is 5.11 Å². The van der Waals surface area contributed by atoms with Crippen LogP contribution in [0.2, 0.25) is 0 Å². The highest BCUT2D eigenvalue weighted by atomic mass is 16.5. The minimum absolute atomic E-state index is 0.320. The first kappa shape index (κ1) is 16.1. The lowest BCUT2D eigenvalue weighted by Gasteiger charge is -2.46. The summed E-state index contributed by atoms with van der Waals surface area (Å²) in [5.41, 5.74) is -0.220. The molecule has 3 aliphatic rings. The van der Waals surface area contributed by atoms with Crippen LogP contribution in [0.4, 0.5) is 0 Å². The molecule has 3 rings (SSSR count). The average Bonchev–Trinajstić information content (AvgIpc) is 2.50. The Bertz CT molecular complexity index is 395. The molecule has 0 aromatic heterocycles. The summed E-state index contributed by atoms with van der Waals surface area (Å²) in [6.07, 6.45) is 7.85. The smallest absolute Gasteiger partial charge is 0.194 e. The fourth-order valence-corrected chi connectivity index (χ4v) is 4.01. The molecule has 1 unspecified atom stereocenters. The summed E-state index contributed by atoms with van der Waals surface area (Å²) in [5.74, 6) is 0.979. The number of hydrogen-bond donors (Lipinski definition) is 2. The van der Waals surface area contributed by atoms with E-state index in [1.165, 1.54) is 25.7 Å². The molecule has 2 saturated heterocycles. The van der Waals surface area contributed by atoms with E-state index in [-0.39, 0.29) is 0 Å². The summed E-state index contributed by atoms with van der Waals surface area (Å²) in [6, 6.07) is 0. The number of nitrogens with one attached hydrogen (secondary N) is 1. The average molecular weight is 309 g/mol. The monoisotopic (exact) mass is 309 g/mol. The molecule has 5 nitrogen and oxygen atoms in total. The van der Waals surface area contributed by atoms with Crippen molar-refractivity contribution in [3.8, 4) is 0 Å². The quantitative estimate of drug-likeness (QED) is 0.616. The molecule has 126 valence electrons. The van der Waals surface area contributed by atoms with Gasteiger partial charge in [0, 0.05) is 31.7 Å². The third-order valence-electron chi connectivity index (χ3n) is 5.51. The van der Waals surface area contributed by atoms with E-state index in [0.29, 0.717) is 12.0 Å². The number of rotatable bonds is 3. The molecule has 0 bridgehead atoms. The van der Waals surface area contributed by atoms with E-state index in [1.54, 1.807) is 0 Å². The molecule has 2 heterocycles. The molecule has 2 N–H and O–H groups in total. The number of ether oxygens (including phenoxy) is 1. The van der Waals surface area contributed by atoms with E-state index in [2.05, 4.69) is 17.1 Å². The van der Waals surface area contributed by atoms with E-state index < -0.39 is 5.60 Å². The van der Waals surface area contributed by atoms with Crippen LogP contribution in [-0.4, -0.2) is 61.0 Å². The van der Waals surface area contributed by atoms with E-state index in [4.69, 9.17) is 9.73 Å². The van der Waals surface area contributed by atoms with Crippen molar-refractivity contribution < 1.29 is 9.84 Å². The molecule has 1 spiro atoms. The number of guanidine groups is 1. The minimum atomic E-state index is -0.540. The first-order valence-corrected chi connectivity index (χ1v) is 8.98. The molecule has 1 atom stereocenters. The lowest BCUT2D eigenvalue weighted by atomic mass is 9.76. The van der Waals surface area contributed by atoms with Crippen molar-refractivity contribution in [2.75, 3.05) is 39.4 Å². The zero-order valence-corrected chi connectivity index (χ0v) is 13.9. The van der Waals surface area contributed by atoms with E-state index in [0.717, 1.165) is 58.1 Å². The first-order chi connectivity index (χ1) is 10.6. The van der Waals surface area contributed by atoms with Crippen LogP contribution in [0, 0.1) is 5.41 Å². The number of hydrogen-bond acceptors (Lipinski definition) is 3. The largest absolute Gasteiger partial charge is 0.388 e. The summed E-state index contributed by atoms with van der Waals surface area (Å²) >= 11 is 0. The second kappa shape index (κ2) is 6.75. The van der Waals surface area contributed by atoms with Gasteiger partial charge in [-0.15, -0.1) is 0 Å². The Labute approximate surface area is 134 Å². The van der Waals surface area contributed by atoms with Gasteiger partial charge in [0.2, 0.25) is 0 Å². The number of likely N-dealkylation sites (tertiary alicyclic amines) is 1. The van der Waals surface area contributed by atoms with Crippen molar-refractivity contribution in [2.45, 2.75) is 57.5 Å². The molecule has 0 aromatic carbocycles. The maximum absolute atomic E-state index is 10.3. The van der Waals surface area contributed by atoms with Crippen molar-refractivity contribution >= 4 is 5.96 Å². The van der Waals surface area contributed by atoms with E-state index in [1.807, 2.05) is 0 Å². The summed E-state index contributed by atoms with van der Waals surface area (Å²) < 4.78 is 5.76. The molecule has 1 saturated carbocycles. The molecular weight excluding hydrogens is 278 g/mol. The fraction of sp³-hybridized carbons (Fsp3) is 0.941. The van der Waals surface area contributed by atoms with Gasteiger partial charge in [0.15, 0.2) is 5.96 Å². The van der Waals surface area contributed by atoms with Gasteiger partial charge in [-0.3, -0.25) is 4.99 Å². The molecule has 1 aliphatic carbocycles. The normalized spacial score (nSPS) is 31.9. The molecular formula is C17H31N3O2. The maximum atomic E-state index is 10.3. The second-order valence-electron chi connectivity index (χ2n) is 7.43. The summed E-state index contributed by atoms with van der Waals surface area (Å²) in [6.45, 7) is 7.43. The van der Waals surface area contributed by atoms with Gasteiger partial charge >= 0.3 is 0 Å². The van der Waals surface area contributed by atoms with Gasteiger partial charge in [-0.2, -0.15) is 0 Å². The lowest BCUT2D eigenvalue weighted by molar-refractivity contribution is -0.0378. The fourth-order valence-electron chi connectivity index (χ4n) is 4.01. The van der Waals surface area contributed by atoms with Gasteiger partial charge in [0.1, 0.15) is 0 Å². The molecule has 0 aromatic rings. The van der Waals surface area contributed by atoms with Gasteiger partial charge in [-0.25, -0.2) is 0 Å². The Morgan fingerprint density at radius 2 is 2.05 bits per heavy atom. The zero-order chi connectivity index (χ0) is 15.5. The highest BCUT2D eigenvalue weighted by molar-refractivity contribution is 5.80. The van der Waals surface area contributed by atoms with Crippen LogP contribution in [0.3, 0.4) is 0 Å². The van der Waals surface area contributed by atoms with Crippen LogP contribution in [0.1, 0.15) is 51.9 Å². The van der Waals surface area contributed by atoms with Crippen LogP contribution in [-0.2, 0) is 4.74 Å². The van der Waals surface area contributed by atoms with Crippen molar-refractivity contribution in [2.24, 2.45) is 10.4 Å². The Morgan fingerprint density at radius 1 is 1.23 bits per heavy atom. The second-order valence-corrected chi connectivity index (χ2v) is 7.43. The molecule has 0 amide bonds. The van der Waals surface area contributed by atoms with Crippen molar-refractivity contribution in [3.63, 3.8) is 0 Å². The van der Waals surface area contributed by atoms with Crippen LogP contribution < -0.4 is 5.32 Å². The summed E-state index contributed by atoms with van der Waals surface area (Å²) in [7, 11) is 0. The van der Waals surface area contributed by atoms with Crippen LogP contribution in [0.15, 0.2) is 4.99 Å². The predicted molar refractivity (Wildman–Crippen MR) is 88.1 cm³/mol. The number of aliphatic imine (C=N–C) groups is 1. The molecule has 22 heavy (non-hydrogen) atoms. The van der Waals surface area contributed by atoms with Gasteiger partial charge < -0.3 is 20.1 Å². The van der Waals surface area contributed by atoms with Gasteiger partial charge in [-0.05, 0) is 51.9 Å². The van der Waals surface area contributed by atoms with Gasteiger partial charge in [-0.1, -0.05) is 0 Å². The standard InChI is InChI=1S/C17H31N3O2/c1-2-18-15(19-12-17(21)8-3-9-17)20-10-4-6-16(13-20)7-5-11-22-14-16/h21H,2-14H2,1H3,(H,18,19). The molecule has 5 heteroatoms. The van der Waals surface area contributed by atoms with Crippen LogP contribution >= 0.6 is 0 Å². The number of piperidine rings is 1. The van der Waals surface area contributed by atoms with E-state index >= 15 is 0 Å². The summed E-state index contributed by atoms with van der Waals surface area (Å²) in [4.78, 5) is 7.14. The van der Waals surface area contributed by atoms with Crippen LogP contribution in [0.25, 0.3) is 0 Å². The minimum Gasteiger partial charge on any atom is -0.388 e. The van der Waals surface area contributed by atoms with Crippen molar-refractivity contribution in [3.05, 3.63) is 0 Å². The Balaban J connectivity index is 1.66. The third kappa shape index (κ3) is 3.57. The molecule has 0 radical (unpaired) electrons. The Kier molecular flexibility index (Phi) is 4.93. The van der Waals surface area contributed by atoms with Crippen molar-refractivity contribution in [1.29, 1.82) is 0 Å². The maximum Gasteiger partial charge on any atom is 0.194 e. The zero-order valence-electron chi connectivity index (χ0n) is 13.9. The SMILES string of the molecule is CCNC(=NCC1(O)CCC1)N1CCCC2(CCCOC2)C1. The third-order valence-corrected chi connectivity index (χ3v) is 5.51. The Hall–Kier alpha value is -0.810. The summed E-state index contributed by atoms with van der Waals surface area (Å²) in [5, 5.41) is 13.7. The van der Waals surface area contributed by atoms with Crippen molar-refractivity contribution in [1.82, 2.24) is 10.2 Å². The van der Waals surface area contributed by atoms with Crippen LogP contribution in [0.5, 0.6) is 0 Å². The highest BCUT2D eigenvalue weighted by Crippen LogP contribution is 2.37. The number of aliphatic hydroxyl groups is 1. The number of nitrogens with zero attached hydrogens (tertiary/aromatic N) is 2. The van der Waals surface area contributed by atoms with Gasteiger partial charge in [0.25, 0.3) is 0 Å². The molecule has 2 aliphatic heterocycles. The van der Waals surface area contributed by atoms with Gasteiger partial charge in [0.05, 0.1) is 18.8 Å². The Morgan fingerprint density at radius 3 is 2.68 bits per heavy atom. The predicted octanol–water partition coefficient (Wildman–Crippen LogP) is 1.76.